The third kappa shape index (κ3) is 4.04. The van der Waals surface area contributed by atoms with Crippen LogP contribution in [-0.4, -0.2) is 35.7 Å². The summed E-state index contributed by atoms with van der Waals surface area (Å²) in [6.07, 6.45) is 0.816. The van der Waals surface area contributed by atoms with Crippen LogP contribution >= 0.6 is 11.3 Å². The van der Waals surface area contributed by atoms with Crippen LogP contribution in [0.4, 0.5) is 0 Å². The van der Waals surface area contributed by atoms with Gasteiger partial charge in [-0.05, 0) is 17.9 Å². The summed E-state index contributed by atoms with van der Waals surface area (Å²) in [6.45, 7) is 2.36. The Balaban J connectivity index is 1.99. The van der Waals surface area contributed by atoms with Crippen LogP contribution in [0.1, 0.15) is 30.7 Å². The molecule has 1 aliphatic rings. The van der Waals surface area contributed by atoms with Gasteiger partial charge in [0, 0.05) is 24.9 Å². The monoisotopic (exact) mass is 309 g/mol. The molecule has 1 aromatic rings. The van der Waals surface area contributed by atoms with Crippen molar-refractivity contribution in [3.8, 4) is 0 Å². The largest absolute Gasteiger partial charge is 0.369 e. The fourth-order valence-electron chi connectivity index (χ4n) is 2.48. The Morgan fingerprint density at radius 1 is 1.52 bits per heavy atom. The van der Waals surface area contributed by atoms with Crippen LogP contribution in [0.2, 0.25) is 0 Å². The average molecular weight is 309 g/mol. The number of amides is 3. The maximum Gasteiger partial charge on any atom is 0.225 e. The third-order valence-corrected chi connectivity index (χ3v) is 4.57. The van der Waals surface area contributed by atoms with Gasteiger partial charge >= 0.3 is 0 Å². The number of primary amides is 1. The molecule has 7 heteroatoms. The second-order valence-corrected chi connectivity index (χ2v) is 6.18. The summed E-state index contributed by atoms with van der Waals surface area (Å²) < 4.78 is 0. The lowest BCUT2D eigenvalue weighted by Crippen LogP contribution is -2.35. The zero-order valence-corrected chi connectivity index (χ0v) is 12.7. The van der Waals surface area contributed by atoms with Gasteiger partial charge in [0.2, 0.25) is 17.7 Å². The zero-order valence-electron chi connectivity index (χ0n) is 11.9. The molecule has 0 saturated carbocycles. The second kappa shape index (κ2) is 6.71. The van der Waals surface area contributed by atoms with Gasteiger partial charge in [0.1, 0.15) is 0 Å². The topological polar surface area (TPSA) is 92.5 Å². The predicted molar refractivity (Wildman–Crippen MR) is 79.4 cm³/mol. The molecule has 1 aliphatic heterocycles. The van der Waals surface area contributed by atoms with E-state index in [0.717, 1.165) is 4.88 Å². The van der Waals surface area contributed by atoms with Gasteiger partial charge in [-0.25, -0.2) is 0 Å². The number of nitrogens with one attached hydrogen (secondary N) is 1. The van der Waals surface area contributed by atoms with E-state index >= 15 is 0 Å². The number of thiophene rings is 1. The average Bonchev–Trinajstić information content (AvgIpc) is 3.09. The third-order valence-electron chi connectivity index (χ3n) is 3.59. The lowest BCUT2D eigenvalue weighted by Gasteiger charge is -2.21. The van der Waals surface area contributed by atoms with Crippen molar-refractivity contribution in [3.05, 3.63) is 22.4 Å². The van der Waals surface area contributed by atoms with Crippen LogP contribution in [-0.2, 0) is 14.4 Å². The molecule has 0 spiro atoms. The lowest BCUT2D eigenvalue weighted by molar-refractivity contribution is -0.131. The first-order valence-corrected chi connectivity index (χ1v) is 7.73. The molecular weight excluding hydrogens is 290 g/mol. The highest BCUT2D eigenvalue weighted by atomic mass is 32.1. The number of rotatable bonds is 5. The van der Waals surface area contributed by atoms with Crippen LogP contribution in [0.3, 0.4) is 0 Å². The van der Waals surface area contributed by atoms with Gasteiger partial charge in [-0.15, -0.1) is 11.3 Å². The van der Waals surface area contributed by atoms with Crippen LogP contribution in [0.25, 0.3) is 0 Å². The minimum absolute atomic E-state index is 0.0640. The summed E-state index contributed by atoms with van der Waals surface area (Å²) in [5.41, 5.74) is 5.27. The van der Waals surface area contributed by atoms with Gasteiger partial charge in [-0.3, -0.25) is 14.4 Å². The van der Waals surface area contributed by atoms with Crippen molar-refractivity contribution < 1.29 is 14.4 Å². The van der Waals surface area contributed by atoms with E-state index in [9.17, 15) is 14.4 Å². The molecule has 0 unspecified atom stereocenters. The molecule has 114 valence electrons. The minimum atomic E-state index is -0.359. The summed E-state index contributed by atoms with van der Waals surface area (Å²) in [4.78, 5) is 37.4. The number of hydrogen-bond donors (Lipinski definition) is 2. The number of hydrogen-bond acceptors (Lipinski definition) is 4. The Bertz CT molecular complexity index is 530. The molecule has 1 fully saturated rings. The van der Waals surface area contributed by atoms with Crippen LogP contribution in [0, 0.1) is 5.92 Å². The number of likely N-dealkylation sites (tertiary alicyclic amines) is 1. The quantitative estimate of drug-likeness (QED) is 0.836. The predicted octanol–water partition coefficient (Wildman–Crippen LogP) is 0.649. The molecule has 6 nitrogen and oxygen atoms in total. The summed E-state index contributed by atoms with van der Waals surface area (Å²) in [6, 6.07) is 3.47. The molecule has 1 saturated heterocycles. The number of nitrogens with zero attached hydrogens (tertiary/aromatic N) is 1. The van der Waals surface area contributed by atoms with Gasteiger partial charge in [0.05, 0.1) is 18.4 Å². The molecule has 0 aromatic carbocycles. The Kier molecular flexibility index (Phi) is 4.95. The Labute approximate surface area is 127 Å². The first kappa shape index (κ1) is 15.5. The summed E-state index contributed by atoms with van der Waals surface area (Å²) in [7, 11) is 0. The number of nitrogens with two attached hydrogens (primary N) is 1. The Morgan fingerprint density at radius 3 is 2.81 bits per heavy atom. The van der Waals surface area contributed by atoms with Crippen molar-refractivity contribution >= 4 is 29.1 Å². The van der Waals surface area contributed by atoms with E-state index in [4.69, 9.17) is 5.73 Å². The maximum atomic E-state index is 12.3. The zero-order chi connectivity index (χ0) is 15.4. The minimum Gasteiger partial charge on any atom is -0.369 e. The fraction of sp³-hybridized carbons (Fsp3) is 0.500. The van der Waals surface area contributed by atoms with Gasteiger partial charge in [-0.2, -0.15) is 0 Å². The van der Waals surface area contributed by atoms with Crippen molar-refractivity contribution in [1.82, 2.24) is 10.2 Å². The highest BCUT2D eigenvalue weighted by Crippen LogP contribution is 2.24. The smallest absolute Gasteiger partial charge is 0.225 e. The van der Waals surface area contributed by atoms with E-state index in [2.05, 4.69) is 5.32 Å². The lowest BCUT2D eigenvalue weighted by atomic mass is 10.1. The van der Waals surface area contributed by atoms with Gasteiger partial charge in [0.25, 0.3) is 0 Å². The number of carbonyl (C=O) groups excluding carboxylic acids is 3. The Morgan fingerprint density at radius 2 is 2.29 bits per heavy atom. The summed E-state index contributed by atoms with van der Waals surface area (Å²) in [5.74, 6) is -0.847. The van der Waals surface area contributed by atoms with Gasteiger partial charge in [-0.1, -0.05) is 6.07 Å². The van der Waals surface area contributed by atoms with Crippen molar-refractivity contribution in [2.45, 2.75) is 25.8 Å². The van der Waals surface area contributed by atoms with Gasteiger partial charge in [0.15, 0.2) is 0 Å². The van der Waals surface area contributed by atoms with Crippen LogP contribution in [0.5, 0.6) is 0 Å². The van der Waals surface area contributed by atoms with E-state index < -0.39 is 0 Å². The van der Waals surface area contributed by atoms with Crippen LogP contribution in [0.15, 0.2) is 17.5 Å². The SMILES string of the molecule is CC(=O)N[C@H](CC(=O)N1CC[C@H](C(N)=O)C1)c1cccs1. The Hall–Kier alpha value is -1.89. The standard InChI is InChI=1S/C14H19N3O3S/c1-9(18)16-11(12-3-2-6-21-12)7-13(19)17-5-4-10(8-17)14(15)20/h2-3,6,10-11H,4-5,7-8H2,1H3,(H2,15,20)(H,16,18)/t10-,11+/m0/s1. The molecule has 3 amide bonds. The molecular formula is C14H19N3O3S. The number of carbonyl (C=O) groups is 3. The second-order valence-electron chi connectivity index (χ2n) is 5.20. The molecule has 2 atom stereocenters. The molecule has 2 rings (SSSR count). The van der Waals surface area contributed by atoms with Crippen molar-refractivity contribution in [3.63, 3.8) is 0 Å². The summed E-state index contributed by atoms with van der Waals surface area (Å²) >= 11 is 1.50. The fourth-order valence-corrected chi connectivity index (χ4v) is 3.26. The molecule has 2 heterocycles. The molecule has 0 radical (unpaired) electrons. The summed E-state index contributed by atoms with van der Waals surface area (Å²) in [5, 5.41) is 4.71. The highest BCUT2D eigenvalue weighted by molar-refractivity contribution is 7.10. The van der Waals surface area contributed by atoms with E-state index in [-0.39, 0.29) is 36.1 Å². The van der Waals surface area contributed by atoms with Crippen LogP contribution < -0.4 is 11.1 Å². The molecule has 3 N–H and O–H groups in total. The molecule has 1 aromatic heterocycles. The van der Waals surface area contributed by atoms with E-state index in [0.29, 0.717) is 19.5 Å². The van der Waals surface area contributed by atoms with Crippen molar-refractivity contribution in [2.75, 3.05) is 13.1 Å². The molecule has 0 aliphatic carbocycles. The van der Waals surface area contributed by atoms with Gasteiger partial charge < -0.3 is 16.0 Å². The first-order valence-electron chi connectivity index (χ1n) is 6.85. The normalized spacial score (nSPS) is 19.3. The molecule has 21 heavy (non-hydrogen) atoms. The van der Waals surface area contributed by atoms with Crippen molar-refractivity contribution in [2.24, 2.45) is 11.7 Å². The van der Waals surface area contributed by atoms with E-state index in [1.54, 1.807) is 4.90 Å². The van der Waals surface area contributed by atoms with E-state index in [1.165, 1.54) is 18.3 Å². The first-order chi connectivity index (χ1) is 9.97. The van der Waals surface area contributed by atoms with E-state index in [1.807, 2.05) is 17.5 Å². The maximum absolute atomic E-state index is 12.3. The molecule has 0 bridgehead atoms. The highest BCUT2D eigenvalue weighted by Gasteiger charge is 2.31. The van der Waals surface area contributed by atoms with Crippen molar-refractivity contribution in [1.29, 1.82) is 0 Å².